The maximum absolute atomic E-state index is 13.1. The molecule has 0 amide bonds. The van der Waals surface area contributed by atoms with E-state index in [0.29, 0.717) is 25.7 Å². The molecule has 0 aromatic rings. The van der Waals surface area contributed by atoms with Crippen molar-refractivity contribution >= 4 is 39.5 Å². The van der Waals surface area contributed by atoms with Gasteiger partial charge < -0.3 is 33.8 Å². The Hall–Kier alpha value is -1.94. The zero-order valence-electron chi connectivity index (χ0n) is 65.7. The van der Waals surface area contributed by atoms with Gasteiger partial charge >= 0.3 is 39.5 Å². The Morgan fingerprint density at radius 3 is 0.760 bits per heavy atom. The maximum atomic E-state index is 13.1. The lowest BCUT2D eigenvalue weighted by Crippen LogP contribution is -2.30. The highest BCUT2D eigenvalue weighted by molar-refractivity contribution is 7.47. The molecule has 17 nitrogen and oxygen atoms in total. The van der Waals surface area contributed by atoms with Crippen LogP contribution in [0.4, 0.5) is 0 Å². The monoisotopic (exact) mass is 1470 g/mol. The quantitative estimate of drug-likeness (QED) is 0.0222. The lowest BCUT2D eigenvalue weighted by molar-refractivity contribution is -0.161. The van der Waals surface area contributed by atoms with Gasteiger partial charge in [-0.25, -0.2) is 9.13 Å². The molecule has 0 rings (SSSR count). The smallest absolute Gasteiger partial charge is 0.462 e. The first-order chi connectivity index (χ1) is 48.3. The highest BCUT2D eigenvalue weighted by Gasteiger charge is 2.30. The Labute approximate surface area is 613 Å². The zero-order valence-corrected chi connectivity index (χ0v) is 67.5. The number of carbonyl (C=O) groups excluding carboxylic acids is 4. The number of hydrogen-bond acceptors (Lipinski definition) is 15. The number of phosphoric ester groups is 2. The molecule has 100 heavy (non-hydrogen) atoms. The van der Waals surface area contributed by atoms with E-state index in [1.807, 2.05) is 0 Å². The minimum Gasteiger partial charge on any atom is -0.462 e. The van der Waals surface area contributed by atoms with Crippen LogP contribution < -0.4 is 0 Å². The minimum atomic E-state index is -4.96. The Kier molecular flexibility index (Phi) is 69.9. The van der Waals surface area contributed by atoms with Crippen LogP contribution in [0.5, 0.6) is 0 Å². The second-order valence-corrected chi connectivity index (χ2v) is 33.0. The van der Waals surface area contributed by atoms with Gasteiger partial charge in [0.05, 0.1) is 26.4 Å². The van der Waals surface area contributed by atoms with Crippen LogP contribution in [0.25, 0.3) is 0 Å². The molecule has 0 bridgehead atoms. The standard InChI is InChI=1S/C81H158O17P2/c1-8-11-12-13-38-48-55-62-78(83)91-68-76(97-80(85)64-57-50-43-36-30-24-17-14-20-26-32-39-45-52-59-72(4)5)70-95-99(87,88)93-66-75(82)67-94-100(89,90)96-71-77(98-81(86)65-58-51-44-37-31-25-19-16-22-28-34-41-47-54-61-74(7)10-3)69-92-79(84)63-56-49-42-35-29-23-18-15-21-27-33-40-46-53-60-73(6)9-2/h72-77,82H,8-71H2,1-7H3,(H,87,88)(H,89,90)/t73?,74?,75-,76+,77+/m0/s1. The predicted octanol–water partition coefficient (Wildman–Crippen LogP) is 24.1. The summed E-state index contributed by atoms with van der Waals surface area (Å²) < 4.78 is 68.6. The number of carbonyl (C=O) groups is 4. The van der Waals surface area contributed by atoms with Gasteiger partial charge in [-0.15, -0.1) is 0 Å². The normalized spacial score (nSPS) is 14.5. The van der Waals surface area contributed by atoms with Crippen molar-refractivity contribution in [3.05, 3.63) is 0 Å². The molecule has 7 atom stereocenters. The number of rotatable bonds is 79. The number of hydrogen-bond donors (Lipinski definition) is 3. The van der Waals surface area contributed by atoms with Gasteiger partial charge in [0.1, 0.15) is 19.3 Å². The Morgan fingerprint density at radius 1 is 0.290 bits per heavy atom. The molecule has 0 saturated heterocycles. The van der Waals surface area contributed by atoms with Crippen LogP contribution in [0, 0.1) is 17.8 Å². The van der Waals surface area contributed by atoms with Gasteiger partial charge in [0.25, 0.3) is 0 Å². The molecular formula is C81H158O17P2. The number of unbranched alkanes of at least 4 members (excludes halogenated alkanes) is 45. The number of phosphoric acid groups is 2. The van der Waals surface area contributed by atoms with Crippen LogP contribution in [0.3, 0.4) is 0 Å². The van der Waals surface area contributed by atoms with E-state index < -0.39 is 97.5 Å². The third-order valence-corrected chi connectivity index (χ3v) is 21.5. The van der Waals surface area contributed by atoms with Gasteiger partial charge in [-0.2, -0.15) is 0 Å². The average molecular weight is 1470 g/mol. The van der Waals surface area contributed by atoms with Crippen LogP contribution in [-0.4, -0.2) is 96.7 Å². The largest absolute Gasteiger partial charge is 0.472 e. The van der Waals surface area contributed by atoms with E-state index in [2.05, 4.69) is 48.5 Å². The van der Waals surface area contributed by atoms with E-state index >= 15 is 0 Å². The van der Waals surface area contributed by atoms with Crippen molar-refractivity contribution in [1.82, 2.24) is 0 Å². The third-order valence-electron chi connectivity index (χ3n) is 19.6. The first kappa shape index (κ1) is 98.1. The summed E-state index contributed by atoms with van der Waals surface area (Å²) >= 11 is 0. The van der Waals surface area contributed by atoms with Crippen molar-refractivity contribution in [2.75, 3.05) is 39.6 Å². The van der Waals surface area contributed by atoms with Gasteiger partial charge in [-0.05, 0) is 43.4 Å². The third kappa shape index (κ3) is 71.7. The molecule has 0 aliphatic rings. The summed E-state index contributed by atoms with van der Waals surface area (Å²) in [6.07, 6.45) is 59.6. The molecule has 594 valence electrons. The molecule has 3 N–H and O–H groups in total. The maximum Gasteiger partial charge on any atom is 0.472 e. The van der Waals surface area contributed by atoms with Gasteiger partial charge in [0.2, 0.25) is 0 Å². The molecule has 0 aromatic carbocycles. The van der Waals surface area contributed by atoms with Crippen molar-refractivity contribution in [3.63, 3.8) is 0 Å². The second kappa shape index (κ2) is 71.3. The van der Waals surface area contributed by atoms with Crippen LogP contribution in [-0.2, 0) is 65.4 Å². The predicted molar refractivity (Wildman–Crippen MR) is 409 cm³/mol. The molecule has 0 heterocycles. The Morgan fingerprint density at radius 2 is 0.510 bits per heavy atom. The fourth-order valence-corrected chi connectivity index (χ4v) is 14.0. The molecule has 0 aromatic heterocycles. The summed E-state index contributed by atoms with van der Waals surface area (Å²) in [7, 11) is -9.92. The summed E-state index contributed by atoms with van der Waals surface area (Å²) in [6, 6.07) is 0. The molecule has 4 unspecified atom stereocenters. The fourth-order valence-electron chi connectivity index (χ4n) is 12.4. The van der Waals surface area contributed by atoms with Crippen molar-refractivity contribution in [3.8, 4) is 0 Å². The molecular weight excluding hydrogens is 1310 g/mol. The van der Waals surface area contributed by atoms with E-state index in [1.165, 1.54) is 218 Å². The van der Waals surface area contributed by atoms with E-state index in [0.717, 1.165) is 120 Å². The first-order valence-electron chi connectivity index (χ1n) is 41.9. The van der Waals surface area contributed by atoms with Crippen LogP contribution >= 0.6 is 15.6 Å². The van der Waals surface area contributed by atoms with E-state index in [4.69, 9.17) is 37.0 Å². The van der Waals surface area contributed by atoms with E-state index in [-0.39, 0.29) is 25.7 Å². The SMILES string of the molecule is CCCCCCCCCC(=O)OC[C@H](COP(=O)(O)OC[C@H](O)COP(=O)(O)OC[C@@H](COC(=O)CCCCCCCCCCCCCCCCC(C)CC)OC(=O)CCCCCCCCCCCCCCCCC(C)CC)OC(=O)CCCCCCCCCCCCCCCCC(C)C. The number of aliphatic hydroxyl groups is 1. The van der Waals surface area contributed by atoms with E-state index in [1.54, 1.807) is 0 Å². The van der Waals surface area contributed by atoms with Crippen molar-refractivity contribution in [2.24, 2.45) is 17.8 Å². The van der Waals surface area contributed by atoms with E-state index in [9.17, 15) is 43.2 Å². The summed E-state index contributed by atoms with van der Waals surface area (Å²) in [4.78, 5) is 72.9. The lowest BCUT2D eigenvalue weighted by Gasteiger charge is -2.21. The number of esters is 4. The molecule has 0 spiro atoms. The molecule has 0 aliphatic carbocycles. The number of aliphatic hydroxyl groups excluding tert-OH is 1. The molecule has 0 aliphatic heterocycles. The Balaban J connectivity index is 5.19. The first-order valence-corrected chi connectivity index (χ1v) is 44.9. The van der Waals surface area contributed by atoms with Crippen molar-refractivity contribution in [1.29, 1.82) is 0 Å². The van der Waals surface area contributed by atoms with Crippen LogP contribution in [0.1, 0.15) is 421 Å². The summed E-state index contributed by atoms with van der Waals surface area (Å²) in [5.41, 5.74) is 0. The van der Waals surface area contributed by atoms with Crippen molar-refractivity contribution in [2.45, 2.75) is 439 Å². The van der Waals surface area contributed by atoms with Crippen LogP contribution in [0.15, 0.2) is 0 Å². The summed E-state index contributed by atoms with van der Waals surface area (Å²) in [6.45, 7) is 12.0. The van der Waals surface area contributed by atoms with Crippen LogP contribution in [0.2, 0.25) is 0 Å². The van der Waals surface area contributed by atoms with Crippen molar-refractivity contribution < 1.29 is 80.2 Å². The molecule has 0 radical (unpaired) electrons. The number of ether oxygens (including phenoxy) is 4. The molecule has 19 heteroatoms. The molecule has 0 fully saturated rings. The topological polar surface area (TPSA) is 237 Å². The minimum absolute atomic E-state index is 0.107. The highest BCUT2D eigenvalue weighted by atomic mass is 31.2. The average Bonchev–Trinajstić information content (AvgIpc) is 0.923. The van der Waals surface area contributed by atoms with Gasteiger partial charge in [-0.1, -0.05) is 370 Å². The van der Waals surface area contributed by atoms with Gasteiger partial charge in [0, 0.05) is 25.7 Å². The lowest BCUT2D eigenvalue weighted by atomic mass is 9.99. The second-order valence-electron chi connectivity index (χ2n) is 30.1. The highest BCUT2D eigenvalue weighted by Crippen LogP contribution is 2.45. The fraction of sp³-hybridized carbons (Fsp3) is 0.951. The molecule has 0 saturated carbocycles. The summed E-state index contributed by atoms with van der Waals surface area (Å²) in [5.74, 6) is 0.377. The summed E-state index contributed by atoms with van der Waals surface area (Å²) in [5, 5.41) is 10.6. The Bertz CT molecular complexity index is 1940. The van der Waals surface area contributed by atoms with Gasteiger partial charge in [-0.3, -0.25) is 37.3 Å². The van der Waals surface area contributed by atoms with Gasteiger partial charge in [0.15, 0.2) is 12.2 Å². The zero-order chi connectivity index (χ0) is 73.7.